The van der Waals surface area contributed by atoms with Crippen molar-refractivity contribution in [2.75, 3.05) is 38.3 Å². The number of aromatic amines is 1. The van der Waals surface area contributed by atoms with Crippen LogP contribution in [0.5, 0.6) is 5.88 Å². The lowest BCUT2D eigenvalue weighted by molar-refractivity contribution is 0.147. The number of pyridine rings is 1. The number of fused-ring (bicyclic) bond motifs is 1. The van der Waals surface area contributed by atoms with Gasteiger partial charge in [0.1, 0.15) is 0 Å². The van der Waals surface area contributed by atoms with Crippen LogP contribution in [0.3, 0.4) is 0 Å². The summed E-state index contributed by atoms with van der Waals surface area (Å²) >= 11 is 0. The number of piperidine rings is 1. The van der Waals surface area contributed by atoms with Gasteiger partial charge in [-0.3, -0.25) is 0 Å². The van der Waals surface area contributed by atoms with Crippen LogP contribution in [0.1, 0.15) is 36.0 Å². The third kappa shape index (κ3) is 5.18. The molecule has 1 fully saturated rings. The van der Waals surface area contributed by atoms with Crippen LogP contribution in [0.15, 0.2) is 29.6 Å². The van der Waals surface area contributed by atoms with Gasteiger partial charge < -0.3 is 15.0 Å². The monoisotopic (exact) mass is 496 g/mol. The molecule has 1 atom stereocenters. The van der Waals surface area contributed by atoms with E-state index >= 15 is 0 Å². The SMILES string of the molecule is Cc1cc2c(c(Nc3n[nH]c(S(C)(=O)=O)n3)c1-c1ccnc(OCC3CCCN(C)C3)c1)CCC2. The number of sulfone groups is 1. The van der Waals surface area contributed by atoms with Gasteiger partial charge in [-0.1, -0.05) is 6.07 Å². The lowest BCUT2D eigenvalue weighted by Gasteiger charge is -2.29. The second-order valence-corrected chi connectivity index (χ2v) is 11.7. The van der Waals surface area contributed by atoms with E-state index in [2.05, 4.69) is 50.4 Å². The number of likely N-dealkylation sites (tertiary alicyclic amines) is 1. The van der Waals surface area contributed by atoms with Gasteiger partial charge >= 0.3 is 0 Å². The maximum Gasteiger partial charge on any atom is 0.247 e. The fourth-order valence-corrected chi connectivity index (χ4v) is 5.70. The molecule has 0 saturated carbocycles. The molecule has 2 aliphatic rings. The molecule has 0 spiro atoms. The molecule has 0 radical (unpaired) electrons. The first-order chi connectivity index (χ1) is 16.8. The van der Waals surface area contributed by atoms with Crippen molar-refractivity contribution in [1.29, 1.82) is 0 Å². The summed E-state index contributed by atoms with van der Waals surface area (Å²) in [6, 6.07) is 6.22. The summed E-state index contributed by atoms with van der Waals surface area (Å²) in [7, 11) is -1.32. The van der Waals surface area contributed by atoms with E-state index in [1.807, 2.05) is 12.1 Å². The summed E-state index contributed by atoms with van der Waals surface area (Å²) < 4.78 is 29.9. The van der Waals surface area contributed by atoms with Crippen LogP contribution in [0.4, 0.5) is 11.6 Å². The highest BCUT2D eigenvalue weighted by Gasteiger charge is 2.24. The highest BCUT2D eigenvalue weighted by Crippen LogP contribution is 2.41. The smallest absolute Gasteiger partial charge is 0.247 e. The Labute approximate surface area is 206 Å². The number of nitrogens with zero attached hydrogens (tertiary/aromatic N) is 4. The largest absolute Gasteiger partial charge is 0.477 e. The molecule has 10 heteroatoms. The number of H-pyrrole nitrogens is 1. The van der Waals surface area contributed by atoms with Gasteiger partial charge in [0.15, 0.2) is 0 Å². The number of rotatable bonds is 7. The van der Waals surface area contributed by atoms with Crippen molar-refractivity contribution in [2.24, 2.45) is 5.92 Å². The molecule has 2 N–H and O–H groups in total. The van der Waals surface area contributed by atoms with Crippen molar-refractivity contribution in [3.63, 3.8) is 0 Å². The molecule has 0 amide bonds. The number of aromatic nitrogens is 4. The number of benzene rings is 1. The normalized spacial score (nSPS) is 18.4. The third-order valence-electron chi connectivity index (χ3n) is 6.86. The number of nitrogens with one attached hydrogen (secondary N) is 2. The molecule has 9 nitrogen and oxygen atoms in total. The number of ether oxygens (including phenoxy) is 1. The Morgan fingerprint density at radius 3 is 2.89 bits per heavy atom. The minimum absolute atomic E-state index is 0.154. The molecule has 1 unspecified atom stereocenters. The molecule has 0 bridgehead atoms. The molecule has 1 aliphatic heterocycles. The van der Waals surface area contributed by atoms with E-state index in [9.17, 15) is 8.42 Å². The maximum atomic E-state index is 11.9. The van der Waals surface area contributed by atoms with Crippen LogP contribution in [-0.4, -0.2) is 66.5 Å². The predicted molar refractivity (Wildman–Crippen MR) is 135 cm³/mol. The molecule has 35 heavy (non-hydrogen) atoms. The zero-order valence-corrected chi connectivity index (χ0v) is 21.3. The zero-order valence-electron chi connectivity index (χ0n) is 20.5. The van der Waals surface area contributed by atoms with Crippen molar-refractivity contribution in [1.82, 2.24) is 25.1 Å². The van der Waals surface area contributed by atoms with E-state index in [0.29, 0.717) is 18.4 Å². The Morgan fingerprint density at radius 1 is 1.26 bits per heavy atom. The first kappa shape index (κ1) is 23.7. The maximum absolute atomic E-state index is 11.9. The van der Waals surface area contributed by atoms with E-state index in [4.69, 9.17) is 4.74 Å². The second kappa shape index (κ2) is 9.58. The van der Waals surface area contributed by atoms with Crippen LogP contribution < -0.4 is 10.1 Å². The van der Waals surface area contributed by atoms with Crippen LogP contribution in [-0.2, 0) is 22.7 Å². The summed E-state index contributed by atoms with van der Waals surface area (Å²) in [5, 5.41) is 9.80. The van der Waals surface area contributed by atoms with Gasteiger partial charge in [-0.05, 0) is 80.9 Å². The fourth-order valence-electron chi connectivity index (χ4n) is 5.24. The van der Waals surface area contributed by atoms with E-state index < -0.39 is 9.84 Å². The predicted octanol–water partition coefficient (Wildman–Crippen LogP) is 3.53. The number of hydrogen-bond acceptors (Lipinski definition) is 8. The lowest BCUT2D eigenvalue weighted by atomic mass is 9.93. The van der Waals surface area contributed by atoms with Gasteiger partial charge in [0.25, 0.3) is 0 Å². The zero-order chi connectivity index (χ0) is 24.6. The van der Waals surface area contributed by atoms with Crippen molar-refractivity contribution >= 4 is 21.5 Å². The first-order valence-corrected chi connectivity index (χ1v) is 14.0. The van der Waals surface area contributed by atoms with E-state index in [1.165, 1.54) is 24.0 Å². The third-order valence-corrected chi connectivity index (χ3v) is 7.75. The van der Waals surface area contributed by atoms with Crippen molar-refractivity contribution in [3.05, 3.63) is 41.1 Å². The standard InChI is InChI=1S/C25H32N6O3S/c1-16-12-18-7-4-8-20(18)23(27-24-28-25(30-29-24)35(3,32)33)22(16)19-9-10-26-21(13-19)34-15-17-6-5-11-31(2)14-17/h9-10,12-13,17H,4-8,11,14-15H2,1-3H3,(H2,27,28,29,30). The Hall–Kier alpha value is -2.98. The quantitative estimate of drug-likeness (QED) is 0.511. The van der Waals surface area contributed by atoms with Crippen molar-refractivity contribution in [3.8, 4) is 17.0 Å². The average Bonchev–Trinajstić information content (AvgIpc) is 3.47. The molecule has 3 heterocycles. The molecule has 186 valence electrons. The molecule has 1 aliphatic carbocycles. The van der Waals surface area contributed by atoms with E-state index in [0.717, 1.165) is 61.0 Å². The number of anilines is 2. The van der Waals surface area contributed by atoms with Crippen LogP contribution in [0.2, 0.25) is 0 Å². The van der Waals surface area contributed by atoms with Gasteiger partial charge in [-0.2, -0.15) is 4.98 Å². The molecule has 5 rings (SSSR count). The summed E-state index contributed by atoms with van der Waals surface area (Å²) in [6.45, 7) is 4.94. The van der Waals surface area contributed by atoms with Crippen molar-refractivity contribution < 1.29 is 13.2 Å². The second-order valence-electron chi connectivity index (χ2n) is 9.76. The highest BCUT2D eigenvalue weighted by molar-refractivity contribution is 7.90. The minimum Gasteiger partial charge on any atom is -0.477 e. The summed E-state index contributed by atoms with van der Waals surface area (Å²) in [4.78, 5) is 11.0. The Bertz CT molecular complexity index is 1340. The molecule has 3 aromatic rings. The molecule has 1 aromatic carbocycles. The van der Waals surface area contributed by atoms with Crippen molar-refractivity contribution in [2.45, 2.75) is 44.2 Å². The van der Waals surface area contributed by atoms with E-state index in [-0.39, 0.29) is 11.1 Å². The molecular weight excluding hydrogens is 464 g/mol. The number of hydrogen-bond donors (Lipinski definition) is 2. The van der Waals surface area contributed by atoms with Crippen LogP contribution in [0.25, 0.3) is 11.1 Å². The Morgan fingerprint density at radius 2 is 2.11 bits per heavy atom. The fraction of sp³-hybridized carbons (Fsp3) is 0.480. The Kier molecular flexibility index (Phi) is 6.50. The van der Waals surface area contributed by atoms with Crippen LogP contribution >= 0.6 is 0 Å². The topological polar surface area (TPSA) is 113 Å². The minimum atomic E-state index is -3.48. The molecular formula is C25H32N6O3S. The lowest BCUT2D eigenvalue weighted by Crippen LogP contribution is -2.34. The van der Waals surface area contributed by atoms with E-state index in [1.54, 1.807) is 6.20 Å². The van der Waals surface area contributed by atoms with Gasteiger partial charge in [-0.15, -0.1) is 5.10 Å². The summed E-state index contributed by atoms with van der Waals surface area (Å²) in [5.74, 6) is 1.35. The van der Waals surface area contributed by atoms with Gasteiger partial charge in [0.05, 0.1) is 12.3 Å². The summed E-state index contributed by atoms with van der Waals surface area (Å²) in [5.41, 5.74) is 6.59. The Balaban J connectivity index is 1.47. The highest BCUT2D eigenvalue weighted by atomic mass is 32.2. The van der Waals surface area contributed by atoms with Gasteiger partial charge in [0.2, 0.25) is 26.8 Å². The average molecular weight is 497 g/mol. The van der Waals surface area contributed by atoms with Gasteiger partial charge in [-0.25, -0.2) is 18.5 Å². The first-order valence-electron chi connectivity index (χ1n) is 12.1. The molecule has 1 saturated heterocycles. The molecule has 2 aromatic heterocycles. The summed E-state index contributed by atoms with van der Waals surface area (Å²) in [6.07, 6.45) is 8.31. The van der Waals surface area contributed by atoms with Crippen LogP contribution in [0, 0.1) is 12.8 Å². The van der Waals surface area contributed by atoms with Gasteiger partial charge in [0, 0.05) is 36.5 Å². The number of aryl methyl sites for hydroxylation is 2.